The predicted molar refractivity (Wildman–Crippen MR) is 66.4 cm³/mol. The van der Waals surface area contributed by atoms with Gasteiger partial charge in [-0.05, 0) is 26.0 Å². The predicted octanol–water partition coefficient (Wildman–Crippen LogP) is 1.34. The second-order valence-electron chi connectivity index (χ2n) is 4.06. The van der Waals surface area contributed by atoms with Crippen LogP contribution in [0.25, 0.3) is 0 Å². The third kappa shape index (κ3) is 2.56. The molecule has 0 aliphatic carbocycles. The molecule has 0 bridgehead atoms. The van der Waals surface area contributed by atoms with E-state index in [1.807, 2.05) is 6.92 Å². The van der Waals surface area contributed by atoms with Gasteiger partial charge in [0, 0.05) is 13.2 Å². The maximum atomic E-state index is 12.4. The fraction of sp³-hybridized carbons (Fsp3) is 0.500. The van der Waals surface area contributed by atoms with E-state index >= 15 is 0 Å². The highest BCUT2D eigenvalue weighted by molar-refractivity contribution is 7.89. The largest absolute Gasteiger partial charge is 0.339 e. The summed E-state index contributed by atoms with van der Waals surface area (Å²) in [6.07, 6.45) is -0.804. The first-order valence-corrected chi connectivity index (χ1v) is 7.31. The van der Waals surface area contributed by atoms with Crippen LogP contribution in [0.3, 0.4) is 0 Å². The second kappa shape index (κ2) is 5.36. The van der Waals surface area contributed by atoms with Gasteiger partial charge in [-0.3, -0.25) is 0 Å². The van der Waals surface area contributed by atoms with Crippen LogP contribution in [0.2, 0.25) is 0 Å². The Labute approximate surface area is 107 Å². The fourth-order valence-corrected chi connectivity index (χ4v) is 3.20. The van der Waals surface area contributed by atoms with Crippen molar-refractivity contribution in [1.82, 2.24) is 4.31 Å². The van der Waals surface area contributed by atoms with Crippen molar-refractivity contribution in [2.75, 3.05) is 19.8 Å². The number of rotatable bonds is 4. The van der Waals surface area contributed by atoms with E-state index in [0.717, 1.165) is 5.56 Å². The number of ether oxygens (including phenoxy) is 2. The molecular weight excluding hydrogens is 254 g/mol. The summed E-state index contributed by atoms with van der Waals surface area (Å²) in [4.78, 5) is 0.267. The van der Waals surface area contributed by atoms with E-state index in [9.17, 15) is 8.42 Å². The smallest absolute Gasteiger partial charge is 0.247 e. The molecule has 1 aromatic rings. The minimum atomic E-state index is -3.54. The molecule has 0 N–H and O–H groups in total. The molecule has 1 heterocycles. The van der Waals surface area contributed by atoms with Crippen molar-refractivity contribution in [3.05, 3.63) is 29.8 Å². The molecule has 0 saturated carbocycles. The lowest BCUT2D eigenvalue weighted by molar-refractivity contribution is -0.148. The summed E-state index contributed by atoms with van der Waals surface area (Å²) < 4.78 is 36.6. The van der Waals surface area contributed by atoms with Gasteiger partial charge in [-0.2, -0.15) is 0 Å². The Morgan fingerprint density at radius 2 is 2.06 bits per heavy atom. The molecule has 6 heteroatoms. The van der Waals surface area contributed by atoms with E-state index in [1.165, 1.54) is 4.31 Å². The Hall–Kier alpha value is -0.950. The van der Waals surface area contributed by atoms with Crippen molar-refractivity contribution in [1.29, 1.82) is 0 Å². The minimum Gasteiger partial charge on any atom is -0.339 e. The summed E-state index contributed by atoms with van der Waals surface area (Å²) in [5.41, 5.74) is 1.02. The molecule has 18 heavy (non-hydrogen) atoms. The summed E-state index contributed by atoms with van der Waals surface area (Å²) >= 11 is 0. The van der Waals surface area contributed by atoms with Crippen molar-refractivity contribution in [2.45, 2.75) is 25.2 Å². The number of hydrogen-bond acceptors (Lipinski definition) is 4. The van der Waals surface area contributed by atoms with Crippen LogP contribution in [0.1, 0.15) is 12.5 Å². The minimum absolute atomic E-state index is 0.267. The van der Waals surface area contributed by atoms with Gasteiger partial charge in [0.15, 0.2) is 0 Å². The summed E-state index contributed by atoms with van der Waals surface area (Å²) in [5.74, 6) is 0. The number of sulfonamides is 1. The molecule has 1 atom stereocenters. The normalized spacial score (nSPS) is 21.3. The van der Waals surface area contributed by atoms with Gasteiger partial charge in [-0.1, -0.05) is 17.7 Å². The molecule has 1 saturated heterocycles. The van der Waals surface area contributed by atoms with Crippen molar-refractivity contribution in [2.24, 2.45) is 0 Å². The Morgan fingerprint density at radius 3 is 2.67 bits per heavy atom. The zero-order valence-corrected chi connectivity index (χ0v) is 11.3. The van der Waals surface area contributed by atoms with E-state index in [-0.39, 0.29) is 4.90 Å². The lowest BCUT2D eigenvalue weighted by atomic mass is 10.2. The molecule has 5 nitrogen and oxygen atoms in total. The SMILES string of the molecule is CCOC1OCCN1S(=O)(=O)c1ccc(C)cc1. The van der Waals surface area contributed by atoms with Gasteiger partial charge in [-0.25, -0.2) is 8.42 Å². The third-order valence-electron chi connectivity index (χ3n) is 2.74. The average Bonchev–Trinajstić information content (AvgIpc) is 2.79. The van der Waals surface area contributed by atoms with Crippen LogP contribution in [0.4, 0.5) is 0 Å². The van der Waals surface area contributed by atoms with Crippen LogP contribution in [0.5, 0.6) is 0 Å². The van der Waals surface area contributed by atoms with Crippen molar-refractivity contribution in [3.8, 4) is 0 Å². The lowest BCUT2D eigenvalue weighted by Crippen LogP contribution is -2.37. The van der Waals surface area contributed by atoms with Crippen LogP contribution in [-0.4, -0.2) is 38.9 Å². The quantitative estimate of drug-likeness (QED) is 0.829. The number of hydrogen-bond donors (Lipinski definition) is 0. The summed E-state index contributed by atoms with van der Waals surface area (Å²) in [5, 5.41) is 0. The highest BCUT2D eigenvalue weighted by Gasteiger charge is 2.36. The van der Waals surface area contributed by atoms with Gasteiger partial charge < -0.3 is 9.47 Å². The monoisotopic (exact) mass is 271 g/mol. The van der Waals surface area contributed by atoms with Crippen LogP contribution < -0.4 is 0 Å². The zero-order chi connectivity index (χ0) is 13.2. The topological polar surface area (TPSA) is 55.8 Å². The summed E-state index contributed by atoms with van der Waals surface area (Å²) in [6, 6.07) is 6.76. The molecule has 1 aliphatic heterocycles. The zero-order valence-electron chi connectivity index (χ0n) is 10.5. The summed E-state index contributed by atoms with van der Waals surface area (Å²) in [6.45, 7) is 4.80. The van der Waals surface area contributed by atoms with Gasteiger partial charge in [0.2, 0.25) is 16.4 Å². The Bertz CT molecular complexity index is 497. The van der Waals surface area contributed by atoms with Crippen LogP contribution in [0, 0.1) is 6.92 Å². The number of benzene rings is 1. The molecule has 1 unspecified atom stereocenters. The maximum Gasteiger partial charge on any atom is 0.247 e. The van der Waals surface area contributed by atoms with Crippen molar-refractivity contribution in [3.63, 3.8) is 0 Å². The molecule has 0 radical (unpaired) electrons. The molecular formula is C12H17NO4S. The van der Waals surface area contributed by atoms with Crippen LogP contribution in [-0.2, 0) is 19.5 Å². The van der Waals surface area contributed by atoms with E-state index in [4.69, 9.17) is 9.47 Å². The third-order valence-corrected chi connectivity index (χ3v) is 4.58. The van der Waals surface area contributed by atoms with E-state index in [1.54, 1.807) is 31.2 Å². The molecule has 1 aromatic carbocycles. The van der Waals surface area contributed by atoms with E-state index in [2.05, 4.69) is 0 Å². The van der Waals surface area contributed by atoms with Crippen molar-refractivity contribution >= 4 is 10.0 Å². The molecule has 2 rings (SSSR count). The number of aryl methyl sites for hydroxylation is 1. The standard InChI is InChI=1S/C12H17NO4S/c1-3-16-12-13(8-9-17-12)18(14,15)11-6-4-10(2)5-7-11/h4-7,12H,3,8-9H2,1-2H3. The van der Waals surface area contributed by atoms with Gasteiger partial charge in [-0.15, -0.1) is 4.31 Å². The highest BCUT2D eigenvalue weighted by atomic mass is 32.2. The first kappa shape index (κ1) is 13.5. The highest BCUT2D eigenvalue weighted by Crippen LogP contribution is 2.23. The first-order chi connectivity index (χ1) is 8.55. The Kier molecular flexibility index (Phi) is 4.01. The molecule has 1 aliphatic rings. The fourth-order valence-electron chi connectivity index (χ4n) is 1.78. The van der Waals surface area contributed by atoms with Crippen LogP contribution >= 0.6 is 0 Å². The second-order valence-corrected chi connectivity index (χ2v) is 5.95. The van der Waals surface area contributed by atoms with Crippen molar-refractivity contribution < 1.29 is 17.9 Å². The first-order valence-electron chi connectivity index (χ1n) is 5.87. The number of nitrogens with zero attached hydrogens (tertiary/aromatic N) is 1. The Balaban J connectivity index is 2.27. The molecule has 1 fully saturated rings. The Morgan fingerprint density at radius 1 is 1.39 bits per heavy atom. The summed E-state index contributed by atoms with van der Waals surface area (Å²) in [7, 11) is -3.54. The molecule has 0 spiro atoms. The van der Waals surface area contributed by atoms with Gasteiger partial charge in [0.1, 0.15) is 0 Å². The molecule has 0 amide bonds. The molecule has 100 valence electrons. The van der Waals surface area contributed by atoms with Gasteiger partial charge in [0.25, 0.3) is 0 Å². The maximum absolute atomic E-state index is 12.4. The van der Waals surface area contributed by atoms with E-state index in [0.29, 0.717) is 19.8 Å². The average molecular weight is 271 g/mol. The van der Waals surface area contributed by atoms with Gasteiger partial charge in [0.05, 0.1) is 11.5 Å². The lowest BCUT2D eigenvalue weighted by Gasteiger charge is -2.21. The van der Waals surface area contributed by atoms with E-state index < -0.39 is 16.4 Å². The van der Waals surface area contributed by atoms with Gasteiger partial charge >= 0.3 is 0 Å². The van der Waals surface area contributed by atoms with Crippen LogP contribution in [0.15, 0.2) is 29.2 Å². The molecule has 0 aromatic heterocycles.